The highest BCUT2D eigenvalue weighted by Gasteiger charge is 2.31. The first-order valence-corrected chi connectivity index (χ1v) is 9.45. The molecular weight excluding hydrogens is 399 g/mol. The van der Waals surface area contributed by atoms with Gasteiger partial charge in [-0.05, 0) is 48.9 Å². The molecule has 1 N–H and O–H groups in total. The second-order valence-corrected chi connectivity index (χ2v) is 7.34. The van der Waals surface area contributed by atoms with Crippen LogP contribution in [0, 0.1) is 6.92 Å². The monoisotopic (exact) mass is 413 g/mol. The van der Waals surface area contributed by atoms with E-state index in [1.807, 2.05) is 25.1 Å². The van der Waals surface area contributed by atoms with Gasteiger partial charge in [-0.25, -0.2) is 9.97 Å². The Labute approximate surface area is 168 Å². The number of carbonyl (C=O) groups is 1. The number of pyridine rings is 1. The number of benzene rings is 2. The molecule has 4 aromatic rings. The molecule has 8 heteroatoms. The number of nitrogens with zero attached hydrogens (tertiary/aromatic N) is 2. The summed E-state index contributed by atoms with van der Waals surface area (Å²) < 4.78 is 38.7. The number of amides is 1. The smallest absolute Gasteiger partial charge is 0.322 e. The van der Waals surface area contributed by atoms with E-state index in [1.165, 1.54) is 23.5 Å². The number of nitrogens with one attached hydrogen (secondary N) is 1. The SMILES string of the molecule is Cc1c(NC(=O)c2cccc(C(F)(F)F)c2)cccc1-c1nc2cccnc2s1. The molecule has 0 saturated heterocycles. The van der Waals surface area contributed by atoms with Crippen molar-refractivity contribution in [3.63, 3.8) is 0 Å². The Kier molecular flexibility index (Phi) is 4.79. The fourth-order valence-corrected chi connectivity index (χ4v) is 3.91. The van der Waals surface area contributed by atoms with Gasteiger partial charge in [0.1, 0.15) is 15.4 Å². The maximum Gasteiger partial charge on any atom is 0.416 e. The van der Waals surface area contributed by atoms with Crippen molar-refractivity contribution in [3.8, 4) is 10.6 Å². The molecule has 0 saturated carbocycles. The van der Waals surface area contributed by atoms with E-state index in [1.54, 1.807) is 18.3 Å². The van der Waals surface area contributed by atoms with Gasteiger partial charge in [0.15, 0.2) is 0 Å². The average molecular weight is 413 g/mol. The third kappa shape index (κ3) is 3.84. The van der Waals surface area contributed by atoms with Gasteiger partial charge < -0.3 is 5.32 Å². The lowest BCUT2D eigenvalue weighted by atomic mass is 10.1. The third-order valence-electron chi connectivity index (χ3n) is 4.43. The lowest BCUT2D eigenvalue weighted by molar-refractivity contribution is -0.137. The van der Waals surface area contributed by atoms with Crippen LogP contribution in [0.2, 0.25) is 0 Å². The Balaban J connectivity index is 1.65. The second kappa shape index (κ2) is 7.29. The molecule has 0 fully saturated rings. The molecule has 2 aromatic carbocycles. The summed E-state index contributed by atoms with van der Waals surface area (Å²) in [7, 11) is 0. The zero-order chi connectivity index (χ0) is 20.6. The van der Waals surface area contributed by atoms with Gasteiger partial charge in [0.25, 0.3) is 5.91 Å². The van der Waals surface area contributed by atoms with Crippen LogP contribution in [0.5, 0.6) is 0 Å². The summed E-state index contributed by atoms with van der Waals surface area (Å²) in [4.78, 5) is 22.2. The quantitative estimate of drug-likeness (QED) is 0.452. The molecule has 0 aliphatic heterocycles. The Bertz CT molecular complexity index is 1180. The van der Waals surface area contributed by atoms with Crippen molar-refractivity contribution in [3.05, 3.63) is 77.5 Å². The van der Waals surface area contributed by atoms with Crippen molar-refractivity contribution in [1.82, 2.24) is 9.97 Å². The lowest BCUT2D eigenvalue weighted by Gasteiger charge is -2.12. The van der Waals surface area contributed by atoms with Crippen LogP contribution in [-0.2, 0) is 6.18 Å². The summed E-state index contributed by atoms with van der Waals surface area (Å²) in [6.45, 7) is 1.83. The van der Waals surface area contributed by atoms with Gasteiger partial charge in [-0.2, -0.15) is 13.2 Å². The summed E-state index contributed by atoms with van der Waals surface area (Å²) in [5, 5.41) is 3.46. The maximum absolute atomic E-state index is 12.9. The van der Waals surface area contributed by atoms with Gasteiger partial charge in [0, 0.05) is 23.0 Å². The Morgan fingerprint density at radius 2 is 1.86 bits per heavy atom. The highest BCUT2D eigenvalue weighted by molar-refractivity contribution is 7.21. The predicted octanol–water partition coefficient (Wildman–Crippen LogP) is 5.94. The van der Waals surface area contributed by atoms with Crippen LogP contribution in [0.15, 0.2) is 60.8 Å². The molecule has 0 atom stereocenters. The van der Waals surface area contributed by atoms with E-state index in [-0.39, 0.29) is 5.56 Å². The van der Waals surface area contributed by atoms with E-state index < -0.39 is 17.6 Å². The molecule has 4 rings (SSSR count). The lowest BCUT2D eigenvalue weighted by Crippen LogP contribution is -2.14. The van der Waals surface area contributed by atoms with Crippen molar-refractivity contribution in [2.75, 3.05) is 5.32 Å². The Morgan fingerprint density at radius 1 is 1.07 bits per heavy atom. The van der Waals surface area contributed by atoms with E-state index in [4.69, 9.17) is 0 Å². The van der Waals surface area contributed by atoms with Crippen LogP contribution in [0.4, 0.5) is 18.9 Å². The second-order valence-electron chi connectivity index (χ2n) is 6.36. The molecule has 4 nitrogen and oxygen atoms in total. The fourth-order valence-electron chi connectivity index (χ4n) is 2.92. The summed E-state index contributed by atoms with van der Waals surface area (Å²) in [5.74, 6) is -0.609. The molecular formula is C21H14F3N3OS. The number of anilines is 1. The van der Waals surface area contributed by atoms with Crippen LogP contribution < -0.4 is 5.32 Å². The molecule has 0 bridgehead atoms. The Hall–Kier alpha value is -3.26. The molecule has 0 aliphatic rings. The number of carbonyl (C=O) groups excluding carboxylic acids is 1. The van der Waals surface area contributed by atoms with Gasteiger partial charge in [-0.15, -0.1) is 0 Å². The van der Waals surface area contributed by atoms with Crippen molar-refractivity contribution in [2.24, 2.45) is 0 Å². The van der Waals surface area contributed by atoms with Crippen LogP contribution in [-0.4, -0.2) is 15.9 Å². The van der Waals surface area contributed by atoms with Crippen molar-refractivity contribution in [2.45, 2.75) is 13.1 Å². The first-order valence-electron chi connectivity index (χ1n) is 8.63. The largest absolute Gasteiger partial charge is 0.416 e. The van der Waals surface area contributed by atoms with E-state index in [2.05, 4.69) is 15.3 Å². The molecule has 0 radical (unpaired) electrons. The highest BCUT2D eigenvalue weighted by atomic mass is 32.1. The first kappa shape index (κ1) is 19.1. The van der Waals surface area contributed by atoms with Crippen molar-refractivity contribution in [1.29, 1.82) is 0 Å². The summed E-state index contributed by atoms with van der Waals surface area (Å²) in [6.07, 6.45) is -2.81. The normalized spacial score (nSPS) is 11.6. The fraction of sp³-hybridized carbons (Fsp3) is 0.0952. The molecule has 1 amide bonds. The number of hydrogen-bond acceptors (Lipinski definition) is 4. The van der Waals surface area contributed by atoms with E-state index in [0.29, 0.717) is 5.69 Å². The average Bonchev–Trinajstić information content (AvgIpc) is 3.13. The highest BCUT2D eigenvalue weighted by Crippen LogP contribution is 2.34. The zero-order valence-corrected chi connectivity index (χ0v) is 15.9. The topological polar surface area (TPSA) is 54.9 Å². The predicted molar refractivity (Wildman–Crippen MR) is 107 cm³/mol. The van der Waals surface area contributed by atoms with Gasteiger partial charge in [-0.1, -0.05) is 29.5 Å². The standard InChI is InChI=1S/C21H14F3N3OS/c1-12-15(19-27-17-9-4-10-25-20(17)29-19)7-3-8-16(12)26-18(28)13-5-2-6-14(11-13)21(22,23)24/h2-11H,1H3,(H,26,28). The maximum atomic E-state index is 12.9. The third-order valence-corrected chi connectivity index (χ3v) is 5.44. The number of thiazole rings is 1. The molecule has 2 aromatic heterocycles. The number of aromatic nitrogens is 2. The van der Waals surface area contributed by atoms with Gasteiger partial charge in [-0.3, -0.25) is 4.79 Å². The number of alkyl halides is 3. The minimum Gasteiger partial charge on any atom is -0.322 e. The molecule has 2 heterocycles. The molecule has 29 heavy (non-hydrogen) atoms. The van der Waals surface area contributed by atoms with Gasteiger partial charge >= 0.3 is 6.18 Å². The Morgan fingerprint density at radius 3 is 2.62 bits per heavy atom. The molecule has 0 unspecified atom stereocenters. The van der Waals surface area contributed by atoms with Gasteiger partial charge in [0.2, 0.25) is 0 Å². The molecule has 0 aliphatic carbocycles. The summed E-state index contributed by atoms with van der Waals surface area (Å²) in [6, 6.07) is 13.4. The van der Waals surface area contributed by atoms with Crippen LogP contribution >= 0.6 is 11.3 Å². The number of halogens is 3. The van der Waals surface area contributed by atoms with E-state index >= 15 is 0 Å². The van der Waals surface area contributed by atoms with E-state index in [9.17, 15) is 18.0 Å². The zero-order valence-electron chi connectivity index (χ0n) is 15.1. The van der Waals surface area contributed by atoms with Crippen molar-refractivity contribution >= 4 is 33.3 Å². The number of rotatable bonds is 3. The first-order chi connectivity index (χ1) is 13.8. The number of fused-ring (bicyclic) bond motifs is 1. The summed E-state index contributed by atoms with van der Waals surface area (Å²) in [5.41, 5.74) is 1.97. The molecule has 0 spiro atoms. The minimum atomic E-state index is -4.51. The molecule has 146 valence electrons. The number of hydrogen-bond donors (Lipinski definition) is 1. The van der Waals surface area contributed by atoms with E-state index in [0.717, 1.165) is 38.6 Å². The van der Waals surface area contributed by atoms with Crippen molar-refractivity contribution < 1.29 is 18.0 Å². The minimum absolute atomic E-state index is 0.0613. The van der Waals surface area contributed by atoms with Gasteiger partial charge in [0.05, 0.1) is 5.56 Å². The van der Waals surface area contributed by atoms with Crippen LogP contribution in [0.1, 0.15) is 21.5 Å². The van der Waals surface area contributed by atoms with Crippen LogP contribution in [0.25, 0.3) is 20.9 Å². The van der Waals surface area contributed by atoms with Crippen LogP contribution in [0.3, 0.4) is 0 Å². The summed E-state index contributed by atoms with van der Waals surface area (Å²) >= 11 is 1.43.